The number of hydrogen-bond acceptors (Lipinski definition) is 5. The monoisotopic (exact) mass is 212 g/mol. The molecule has 1 saturated heterocycles. The third-order valence-corrected chi connectivity index (χ3v) is 2.45. The number of aliphatic hydroxyl groups excluding tert-OH is 1. The van der Waals surface area contributed by atoms with E-state index in [2.05, 4.69) is 0 Å². The van der Waals surface area contributed by atoms with Gasteiger partial charge in [0.05, 0.1) is 18.7 Å². The van der Waals surface area contributed by atoms with Gasteiger partial charge in [-0.15, -0.1) is 0 Å². The van der Waals surface area contributed by atoms with Gasteiger partial charge >= 0.3 is 5.88 Å². The van der Waals surface area contributed by atoms with Crippen molar-refractivity contribution in [1.29, 1.82) is 0 Å². The maximum absolute atomic E-state index is 10.4. The molecule has 0 aromatic carbocycles. The van der Waals surface area contributed by atoms with Gasteiger partial charge < -0.3 is 9.52 Å². The van der Waals surface area contributed by atoms with E-state index in [1.165, 1.54) is 6.07 Å². The van der Waals surface area contributed by atoms with Crippen molar-refractivity contribution in [1.82, 2.24) is 4.90 Å². The molecule has 6 heteroatoms. The van der Waals surface area contributed by atoms with Gasteiger partial charge in [0, 0.05) is 13.1 Å². The van der Waals surface area contributed by atoms with Crippen molar-refractivity contribution in [3.63, 3.8) is 0 Å². The summed E-state index contributed by atoms with van der Waals surface area (Å²) >= 11 is 0. The second-order valence-electron chi connectivity index (χ2n) is 3.67. The number of nitrogens with zero attached hydrogens (tertiary/aromatic N) is 2. The van der Waals surface area contributed by atoms with Crippen LogP contribution in [0.3, 0.4) is 0 Å². The summed E-state index contributed by atoms with van der Waals surface area (Å²) in [6, 6.07) is 2.95. The predicted octanol–water partition coefficient (Wildman–Crippen LogP) is 0.754. The van der Waals surface area contributed by atoms with E-state index in [4.69, 9.17) is 4.42 Å². The molecule has 1 aliphatic rings. The molecule has 0 saturated carbocycles. The van der Waals surface area contributed by atoms with Gasteiger partial charge in [-0.25, -0.2) is 0 Å². The largest absolute Gasteiger partial charge is 0.433 e. The van der Waals surface area contributed by atoms with E-state index in [1.807, 2.05) is 4.90 Å². The second-order valence-corrected chi connectivity index (χ2v) is 3.67. The molecule has 15 heavy (non-hydrogen) atoms. The Kier molecular flexibility index (Phi) is 2.70. The standard InChI is InChI=1S/C9H12N2O4/c12-7-3-4-10(5-7)6-8-1-2-9(15-8)11(13)14/h1-2,7,12H,3-6H2/t7-/m0/s1. The minimum absolute atomic E-state index is 0.232. The molecule has 2 rings (SSSR count). The lowest BCUT2D eigenvalue weighted by atomic mass is 10.3. The zero-order valence-corrected chi connectivity index (χ0v) is 8.13. The number of likely N-dealkylation sites (tertiary alicyclic amines) is 1. The number of β-amino-alcohol motifs (C(OH)–C–C–N with tert-alkyl or cyclic N) is 1. The molecule has 0 radical (unpaired) electrons. The molecule has 1 fully saturated rings. The molecule has 1 aliphatic heterocycles. The second kappa shape index (κ2) is 4.00. The van der Waals surface area contributed by atoms with Crippen molar-refractivity contribution in [2.45, 2.75) is 19.1 Å². The highest BCUT2D eigenvalue weighted by atomic mass is 16.6. The first kappa shape index (κ1) is 10.1. The molecule has 1 aromatic rings. The van der Waals surface area contributed by atoms with Gasteiger partial charge in [-0.1, -0.05) is 0 Å². The fourth-order valence-electron chi connectivity index (χ4n) is 1.73. The van der Waals surface area contributed by atoms with Crippen molar-refractivity contribution in [2.75, 3.05) is 13.1 Å². The molecule has 0 bridgehead atoms. The summed E-state index contributed by atoms with van der Waals surface area (Å²) in [6.07, 6.45) is 0.470. The van der Waals surface area contributed by atoms with Crippen LogP contribution in [-0.2, 0) is 6.54 Å². The fraction of sp³-hybridized carbons (Fsp3) is 0.556. The summed E-state index contributed by atoms with van der Waals surface area (Å²) in [6.45, 7) is 1.93. The lowest BCUT2D eigenvalue weighted by Gasteiger charge is -2.11. The van der Waals surface area contributed by atoms with Crippen molar-refractivity contribution < 1.29 is 14.4 Å². The van der Waals surface area contributed by atoms with E-state index in [0.29, 0.717) is 18.8 Å². The quantitative estimate of drug-likeness (QED) is 0.590. The zero-order valence-electron chi connectivity index (χ0n) is 8.13. The summed E-state index contributed by atoms with van der Waals surface area (Å²) < 4.78 is 5.02. The van der Waals surface area contributed by atoms with E-state index in [1.54, 1.807) is 6.07 Å². The zero-order chi connectivity index (χ0) is 10.8. The normalized spacial score (nSPS) is 22.1. The van der Waals surface area contributed by atoms with Crippen LogP contribution in [0.4, 0.5) is 5.88 Å². The summed E-state index contributed by atoms with van der Waals surface area (Å²) in [5, 5.41) is 19.7. The van der Waals surface area contributed by atoms with Crippen molar-refractivity contribution in [2.24, 2.45) is 0 Å². The molecule has 82 valence electrons. The topological polar surface area (TPSA) is 79.8 Å². The highest BCUT2D eigenvalue weighted by molar-refractivity contribution is 5.17. The Bertz CT molecular complexity index is 363. The molecule has 0 aliphatic carbocycles. The Balaban J connectivity index is 1.96. The molecule has 1 atom stereocenters. The molecule has 1 N–H and O–H groups in total. The molecule has 2 heterocycles. The van der Waals surface area contributed by atoms with Crippen LogP contribution in [0.1, 0.15) is 12.2 Å². The Morgan fingerprint density at radius 1 is 1.67 bits per heavy atom. The number of nitro groups is 1. The van der Waals surface area contributed by atoms with Gasteiger partial charge in [0.2, 0.25) is 0 Å². The highest BCUT2D eigenvalue weighted by Crippen LogP contribution is 2.19. The third kappa shape index (κ3) is 2.34. The molecule has 0 unspecified atom stereocenters. The molecular formula is C9H12N2O4. The molecular weight excluding hydrogens is 200 g/mol. The Labute approximate surface area is 86.3 Å². The van der Waals surface area contributed by atoms with Crippen LogP contribution in [0.5, 0.6) is 0 Å². The molecule has 0 spiro atoms. The average Bonchev–Trinajstić information content (AvgIpc) is 2.76. The predicted molar refractivity (Wildman–Crippen MR) is 51.3 cm³/mol. The molecule has 6 nitrogen and oxygen atoms in total. The third-order valence-electron chi connectivity index (χ3n) is 2.45. The number of furan rings is 1. The van der Waals surface area contributed by atoms with Gasteiger partial charge in [-0.3, -0.25) is 15.0 Å². The van der Waals surface area contributed by atoms with Crippen LogP contribution in [0.2, 0.25) is 0 Å². The summed E-state index contributed by atoms with van der Waals surface area (Å²) in [7, 11) is 0. The van der Waals surface area contributed by atoms with E-state index in [0.717, 1.165) is 13.0 Å². The van der Waals surface area contributed by atoms with E-state index in [9.17, 15) is 15.2 Å². The maximum Gasteiger partial charge on any atom is 0.433 e. The van der Waals surface area contributed by atoms with Gasteiger partial charge in [0.15, 0.2) is 0 Å². The smallest absolute Gasteiger partial charge is 0.404 e. The van der Waals surface area contributed by atoms with Crippen LogP contribution in [0.25, 0.3) is 0 Å². The van der Waals surface area contributed by atoms with Crippen molar-refractivity contribution in [3.8, 4) is 0 Å². The van der Waals surface area contributed by atoms with E-state index < -0.39 is 4.92 Å². The van der Waals surface area contributed by atoms with Crippen LogP contribution in [0.15, 0.2) is 16.5 Å². The van der Waals surface area contributed by atoms with Crippen LogP contribution >= 0.6 is 0 Å². The Hall–Kier alpha value is -1.40. The maximum atomic E-state index is 10.4. The summed E-state index contributed by atoms with van der Waals surface area (Å²) in [4.78, 5) is 11.8. The SMILES string of the molecule is O=[N+]([O-])c1ccc(CN2CC[C@H](O)C2)o1. The van der Waals surface area contributed by atoms with Crippen LogP contribution < -0.4 is 0 Å². The van der Waals surface area contributed by atoms with Gasteiger partial charge in [-0.05, 0) is 12.5 Å². The number of hydrogen-bond donors (Lipinski definition) is 1. The van der Waals surface area contributed by atoms with Crippen LogP contribution in [0, 0.1) is 10.1 Å². The fourth-order valence-corrected chi connectivity index (χ4v) is 1.73. The Morgan fingerprint density at radius 2 is 2.47 bits per heavy atom. The van der Waals surface area contributed by atoms with Crippen molar-refractivity contribution >= 4 is 5.88 Å². The minimum atomic E-state index is -0.553. The average molecular weight is 212 g/mol. The first-order chi connectivity index (χ1) is 7.15. The van der Waals surface area contributed by atoms with Crippen molar-refractivity contribution in [3.05, 3.63) is 28.0 Å². The van der Waals surface area contributed by atoms with E-state index >= 15 is 0 Å². The summed E-state index contributed by atoms with van der Waals surface area (Å²) in [5.41, 5.74) is 0. The number of rotatable bonds is 3. The van der Waals surface area contributed by atoms with Crippen LogP contribution in [-0.4, -0.2) is 34.1 Å². The lowest BCUT2D eigenvalue weighted by molar-refractivity contribution is -0.402. The minimum Gasteiger partial charge on any atom is -0.404 e. The van der Waals surface area contributed by atoms with Gasteiger partial charge in [0.25, 0.3) is 0 Å². The summed E-state index contributed by atoms with van der Waals surface area (Å²) in [5.74, 6) is 0.334. The highest BCUT2D eigenvalue weighted by Gasteiger charge is 2.22. The van der Waals surface area contributed by atoms with Gasteiger partial charge in [0.1, 0.15) is 10.7 Å². The Morgan fingerprint density at radius 3 is 3.00 bits per heavy atom. The first-order valence-corrected chi connectivity index (χ1v) is 4.78. The van der Waals surface area contributed by atoms with Gasteiger partial charge in [-0.2, -0.15) is 0 Å². The molecule has 1 aromatic heterocycles. The number of aliphatic hydroxyl groups is 1. The van der Waals surface area contributed by atoms with E-state index in [-0.39, 0.29) is 12.0 Å². The first-order valence-electron chi connectivity index (χ1n) is 4.78. The lowest BCUT2D eigenvalue weighted by Crippen LogP contribution is -2.21. The molecule has 0 amide bonds.